The fourth-order valence-electron chi connectivity index (χ4n) is 0.973. The Labute approximate surface area is 74.2 Å². The Morgan fingerprint density at radius 1 is 1.58 bits per heavy atom. The normalized spacial score (nSPS) is 14.3. The van der Waals surface area contributed by atoms with Gasteiger partial charge in [-0.2, -0.15) is 0 Å². The zero-order chi connectivity index (χ0) is 9.40. The molecule has 0 radical (unpaired) electrons. The third-order valence-electron chi connectivity index (χ3n) is 1.59. The van der Waals surface area contributed by atoms with Crippen molar-refractivity contribution < 1.29 is 10.2 Å². The van der Waals surface area contributed by atoms with Crippen LogP contribution in [-0.2, 0) is 0 Å². The van der Waals surface area contributed by atoms with Crippen LogP contribution in [0.4, 0.5) is 0 Å². The molecule has 70 valence electrons. The summed E-state index contributed by atoms with van der Waals surface area (Å²) >= 11 is 0. The number of rotatable bonds is 6. The number of hydrogen-bond donors (Lipinski definition) is 2. The van der Waals surface area contributed by atoms with Gasteiger partial charge in [-0.15, -0.1) is 6.58 Å². The topological polar surface area (TPSA) is 40.5 Å². The quantitative estimate of drug-likeness (QED) is 0.475. The first-order valence-electron chi connectivity index (χ1n) is 4.37. The van der Waals surface area contributed by atoms with Crippen molar-refractivity contribution in [2.75, 3.05) is 0 Å². The lowest BCUT2D eigenvalue weighted by molar-refractivity contribution is 0.150. The van der Waals surface area contributed by atoms with E-state index in [2.05, 4.69) is 6.58 Å². The van der Waals surface area contributed by atoms with Crippen LogP contribution in [0.5, 0.6) is 0 Å². The molecule has 0 aliphatic rings. The molecular formula is C10H18O2. The minimum atomic E-state index is -0.439. The van der Waals surface area contributed by atoms with Gasteiger partial charge in [0.2, 0.25) is 0 Å². The maximum atomic E-state index is 9.33. The lowest BCUT2D eigenvalue weighted by atomic mass is 10.1. The molecule has 0 aromatic rings. The summed E-state index contributed by atoms with van der Waals surface area (Å²) in [5.41, 5.74) is 0. The second kappa shape index (κ2) is 6.92. The van der Waals surface area contributed by atoms with E-state index in [0.717, 1.165) is 12.8 Å². The summed E-state index contributed by atoms with van der Waals surface area (Å²) in [6.45, 7) is 5.51. The highest BCUT2D eigenvalue weighted by Gasteiger charge is 2.04. The predicted molar refractivity (Wildman–Crippen MR) is 51.1 cm³/mol. The summed E-state index contributed by atoms with van der Waals surface area (Å²) in [7, 11) is 0. The Hall–Kier alpha value is -0.760. The van der Waals surface area contributed by atoms with Gasteiger partial charge in [-0.05, 0) is 25.3 Å². The number of aliphatic hydroxyl groups excluding tert-OH is 2. The molecule has 0 rings (SSSR count). The molecule has 0 heterocycles. The third kappa shape index (κ3) is 5.98. The Kier molecular flexibility index (Phi) is 6.48. The molecule has 0 saturated heterocycles. The Morgan fingerprint density at radius 2 is 2.25 bits per heavy atom. The van der Waals surface area contributed by atoms with E-state index in [1.807, 2.05) is 6.92 Å². The standard InChI is InChI=1S/C10H18O2/c1-3-5-7-10(12)8-9(11)6-4-2/h3,6,10-12H,1,4-5,7-8H2,2H3/b9-6-. The first kappa shape index (κ1) is 11.2. The first-order chi connectivity index (χ1) is 5.70. The summed E-state index contributed by atoms with van der Waals surface area (Å²) in [5, 5.41) is 18.5. The lowest BCUT2D eigenvalue weighted by Crippen LogP contribution is -2.06. The molecule has 0 saturated carbocycles. The van der Waals surface area contributed by atoms with Gasteiger partial charge in [0.25, 0.3) is 0 Å². The van der Waals surface area contributed by atoms with Crippen molar-refractivity contribution in [1.82, 2.24) is 0 Å². The van der Waals surface area contributed by atoms with E-state index in [1.54, 1.807) is 12.2 Å². The number of allylic oxidation sites excluding steroid dienone is 2. The SMILES string of the molecule is C=CCCC(O)C/C(O)=C/CC. The van der Waals surface area contributed by atoms with Crippen molar-refractivity contribution in [2.24, 2.45) is 0 Å². The van der Waals surface area contributed by atoms with Gasteiger partial charge in [0.1, 0.15) is 0 Å². The van der Waals surface area contributed by atoms with Crippen LogP contribution in [-0.4, -0.2) is 16.3 Å². The van der Waals surface area contributed by atoms with Gasteiger partial charge >= 0.3 is 0 Å². The zero-order valence-corrected chi connectivity index (χ0v) is 7.66. The van der Waals surface area contributed by atoms with Crippen LogP contribution >= 0.6 is 0 Å². The van der Waals surface area contributed by atoms with E-state index in [0.29, 0.717) is 12.8 Å². The van der Waals surface area contributed by atoms with Crippen LogP contribution in [0.1, 0.15) is 32.6 Å². The van der Waals surface area contributed by atoms with E-state index in [-0.39, 0.29) is 5.76 Å². The number of aliphatic hydroxyl groups is 2. The average Bonchev–Trinajstić information content (AvgIpc) is 2.01. The molecule has 1 unspecified atom stereocenters. The monoisotopic (exact) mass is 170 g/mol. The van der Waals surface area contributed by atoms with Crippen molar-refractivity contribution in [3.63, 3.8) is 0 Å². The van der Waals surface area contributed by atoms with E-state index >= 15 is 0 Å². The van der Waals surface area contributed by atoms with Crippen LogP contribution in [0.3, 0.4) is 0 Å². The Balaban J connectivity index is 3.60. The summed E-state index contributed by atoms with van der Waals surface area (Å²) in [4.78, 5) is 0. The molecule has 2 heteroatoms. The molecule has 1 atom stereocenters. The van der Waals surface area contributed by atoms with Gasteiger partial charge in [0, 0.05) is 6.42 Å². The van der Waals surface area contributed by atoms with Crippen LogP contribution in [0.2, 0.25) is 0 Å². The van der Waals surface area contributed by atoms with Crippen LogP contribution in [0.25, 0.3) is 0 Å². The van der Waals surface area contributed by atoms with Crippen LogP contribution in [0, 0.1) is 0 Å². The van der Waals surface area contributed by atoms with E-state index in [1.165, 1.54) is 0 Å². The minimum Gasteiger partial charge on any atom is -0.513 e. The second-order valence-electron chi connectivity index (χ2n) is 2.83. The lowest BCUT2D eigenvalue weighted by Gasteiger charge is -2.07. The molecule has 0 spiro atoms. The number of hydrogen-bond acceptors (Lipinski definition) is 2. The molecule has 0 aliphatic heterocycles. The van der Waals surface area contributed by atoms with Crippen molar-refractivity contribution in [2.45, 2.75) is 38.7 Å². The molecule has 0 bridgehead atoms. The minimum absolute atomic E-state index is 0.286. The summed E-state index contributed by atoms with van der Waals surface area (Å²) in [5.74, 6) is 0.286. The highest BCUT2D eigenvalue weighted by Crippen LogP contribution is 2.08. The van der Waals surface area contributed by atoms with E-state index < -0.39 is 6.10 Å². The van der Waals surface area contributed by atoms with Crippen LogP contribution < -0.4 is 0 Å². The van der Waals surface area contributed by atoms with Crippen molar-refractivity contribution >= 4 is 0 Å². The first-order valence-corrected chi connectivity index (χ1v) is 4.37. The highest BCUT2D eigenvalue weighted by atomic mass is 16.3. The maximum Gasteiger partial charge on any atom is 0.0908 e. The fraction of sp³-hybridized carbons (Fsp3) is 0.600. The van der Waals surface area contributed by atoms with Crippen molar-refractivity contribution in [1.29, 1.82) is 0 Å². The van der Waals surface area contributed by atoms with Gasteiger partial charge in [-0.3, -0.25) is 0 Å². The van der Waals surface area contributed by atoms with Crippen molar-refractivity contribution in [3.8, 4) is 0 Å². The average molecular weight is 170 g/mol. The molecular weight excluding hydrogens is 152 g/mol. The molecule has 0 aromatic carbocycles. The van der Waals surface area contributed by atoms with Gasteiger partial charge < -0.3 is 10.2 Å². The smallest absolute Gasteiger partial charge is 0.0908 e. The molecule has 2 nitrogen and oxygen atoms in total. The third-order valence-corrected chi connectivity index (χ3v) is 1.59. The van der Waals surface area contributed by atoms with Gasteiger partial charge in [-0.25, -0.2) is 0 Å². The van der Waals surface area contributed by atoms with Crippen LogP contribution in [0.15, 0.2) is 24.5 Å². The maximum absolute atomic E-state index is 9.33. The predicted octanol–water partition coefficient (Wildman–Crippen LogP) is 2.56. The van der Waals surface area contributed by atoms with Gasteiger partial charge in [-0.1, -0.05) is 13.0 Å². The Bertz CT molecular complexity index is 150. The van der Waals surface area contributed by atoms with Crippen molar-refractivity contribution in [3.05, 3.63) is 24.5 Å². The largest absolute Gasteiger partial charge is 0.513 e. The molecule has 12 heavy (non-hydrogen) atoms. The molecule has 2 N–H and O–H groups in total. The van der Waals surface area contributed by atoms with Gasteiger partial charge in [0.05, 0.1) is 11.9 Å². The summed E-state index contributed by atoms with van der Waals surface area (Å²) in [6, 6.07) is 0. The molecule has 0 aliphatic carbocycles. The Morgan fingerprint density at radius 3 is 2.75 bits per heavy atom. The summed E-state index contributed by atoms with van der Waals surface area (Å²) < 4.78 is 0. The van der Waals surface area contributed by atoms with Gasteiger partial charge in [0.15, 0.2) is 0 Å². The summed E-state index contributed by atoms with van der Waals surface area (Å²) in [6.07, 6.45) is 5.68. The zero-order valence-electron chi connectivity index (χ0n) is 7.66. The highest BCUT2D eigenvalue weighted by molar-refractivity contribution is 4.92. The molecule has 0 aromatic heterocycles. The molecule has 0 fully saturated rings. The van der Waals surface area contributed by atoms with E-state index in [9.17, 15) is 10.2 Å². The fourth-order valence-corrected chi connectivity index (χ4v) is 0.973. The second-order valence-corrected chi connectivity index (χ2v) is 2.83. The van der Waals surface area contributed by atoms with E-state index in [4.69, 9.17) is 0 Å². The molecule has 0 amide bonds.